The summed E-state index contributed by atoms with van der Waals surface area (Å²) in [5, 5.41) is 3.37. The van der Waals surface area contributed by atoms with Crippen molar-refractivity contribution in [3.8, 4) is 0 Å². The molecular formula is C23H28N4O3. The molecule has 1 spiro atoms. The highest BCUT2D eigenvalue weighted by atomic mass is 16.5. The molecule has 4 bridgehead atoms. The molecule has 7 nitrogen and oxygen atoms in total. The number of nitrogens with one attached hydrogen (secondary N) is 1. The predicted octanol–water partition coefficient (Wildman–Crippen LogP) is 0.820. The standard InChI is InChI=1S/C23H28N4O3/c1-26-13-23-8-7-17(30-23)18(19(23)22(26)29)21(28)25-20-14-5-6-15(20)11-27(10-14)12-16-4-2-3-9-24-16/h2-4,7-9,14-15,17-20H,5-6,10-13H2,1H3,(H,25,28)/t14-,15+,17-,18-,19+,20?,23-/m0/s1. The Balaban J connectivity index is 1.14. The van der Waals surface area contributed by atoms with Gasteiger partial charge in [0.05, 0.1) is 30.2 Å². The molecule has 7 atom stereocenters. The normalized spacial score (nSPS) is 41.5. The average Bonchev–Trinajstić information content (AvgIpc) is 3.41. The molecule has 5 heterocycles. The van der Waals surface area contributed by atoms with Crippen molar-refractivity contribution >= 4 is 11.8 Å². The Kier molecular flexibility index (Phi) is 4.09. The van der Waals surface area contributed by atoms with Gasteiger partial charge in [0.25, 0.3) is 0 Å². The summed E-state index contributed by atoms with van der Waals surface area (Å²) in [7, 11) is 1.80. The maximum atomic E-state index is 13.4. The summed E-state index contributed by atoms with van der Waals surface area (Å²) in [4.78, 5) is 34.8. The number of aromatic nitrogens is 1. The van der Waals surface area contributed by atoms with Gasteiger partial charge in [-0.1, -0.05) is 18.2 Å². The maximum Gasteiger partial charge on any atom is 0.229 e. The van der Waals surface area contributed by atoms with Crippen LogP contribution in [0, 0.1) is 23.7 Å². The number of carbonyl (C=O) groups excluding carboxylic acids is 2. The van der Waals surface area contributed by atoms with Crippen LogP contribution in [0.5, 0.6) is 0 Å². The van der Waals surface area contributed by atoms with Gasteiger partial charge >= 0.3 is 0 Å². The van der Waals surface area contributed by atoms with Crippen LogP contribution in [-0.2, 0) is 20.9 Å². The summed E-state index contributed by atoms with van der Waals surface area (Å²) in [5.41, 5.74) is 0.503. The van der Waals surface area contributed by atoms with Crippen molar-refractivity contribution in [2.45, 2.75) is 37.1 Å². The highest BCUT2D eigenvalue weighted by Crippen LogP contribution is 2.51. The average molecular weight is 409 g/mol. The number of ether oxygens (including phenoxy) is 1. The summed E-state index contributed by atoms with van der Waals surface area (Å²) in [6, 6.07) is 6.25. The Labute approximate surface area is 176 Å². The number of hydrogen-bond acceptors (Lipinski definition) is 5. The molecule has 1 saturated carbocycles. The number of fused-ring (bicyclic) bond motifs is 3. The molecule has 4 fully saturated rings. The summed E-state index contributed by atoms with van der Waals surface area (Å²) >= 11 is 0. The molecule has 1 aromatic heterocycles. The summed E-state index contributed by atoms with van der Waals surface area (Å²) in [5.74, 6) is 0.178. The molecule has 0 aromatic carbocycles. The summed E-state index contributed by atoms with van der Waals surface area (Å²) < 4.78 is 6.15. The van der Waals surface area contributed by atoms with Gasteiger partial charge in [0.15, 0.2) is 0 Å². The fourth-order valence-corrected chi connectivity index (χ4v) is 6.66. The minimum atomic E-state index is -0.594. The van der Waals surface area contributed by atoms with Gasteiger partial charge in [-0.2, -0.15) is 0 Å². The topological polar surface area (TPSA) is 74.8 Å². The minimum absolute atomic E-state index is 0.0000453. The predicted molar refractivity (Wildman–Crippen MR) is 109 cm³/mol. The molecule has 7 heteroatoms. The molecule has 4 aliphatic heterocycles. The molecule has 2 amide bonds. The second-order valence-electron chi connectivity index (χ2n) is 9.74. The fourth-order valence-electron chi connectivity index (χ4n) is 6.66. The van der Waals surface area contributed by atoms with Crippen LogP contribution in [0.2, 0.25) is 0 Å². The van der Waals surface area contributed by atoms with E-state index in [0.717, 1.165) is 38.2 Å². The first kappa shape index (κ1) is 18.5. The van der Waals surface area contributed by atoms with E-state index in [1.165, 1.54) is 0 Å². The van der Waals surface area contributed by atoms with Crippen LogP contribution < -0.4 is 5.32 Å². The van der Waals surface area contributed by atoms with Gasteiger partial charge in [-0.25, -0.2) is 0 Å². The van der Waals surface area contributed by atoms with E-state index in [1.807, 2.05) is 30.5 Å². The van der Waals surface area contributed by atoms with Crippen LogP contribution in [-0.4, -0.2) is 71.0 Å². The third-order valence-corrected chi connectivity index (χ3v) is 7.92. The third-order valence-electron chi connectivity index (χ3n) is 7.92. The molecule has 30 heavy (non-hydrogen) atoms. The van der Waals surface area contributed by atoms with Gasteiger partial charge in [0, 0.05) is 38.9 Å². The van der Waals surface area contributed by atoms with Gasteiger partial charge in [-0.05, 0) is 36.8 Å². The second-order valence-corrected chi connectivity index (χ2v) is 9.74. The smallest absolute Gasteiger partial charge is 0.229 e. The first-order valence-corrected chi connectivity index (χ1v) is 11.1. The van der Waals surface area contributed by atoms with E-state index in [9.17, 15) is 9.59 Å². The molecule has 1 aliphatic carbocycles. The number of piperidine rings is 1. The Hall–Kier alpha value is -2.25. The van der Waals surface area contributed by atoms with Crippen LogP contribution in [0.25, 0.3) is 0 Å². The SMILES string of the molecule is CN1C[C@]23C=C[C@H](O2)[C@H](C(=O)NC2[C@@H]4CC[C@H]2CN(Cc2ccccn2)C4)[C@@H]3C1=O. The van der Waals surface area contributed by atoms with E-state index in [2.05, 4.69) is 21.3 Å². The van der Waals surface area contributed by atoms with Crippen LogP contribution in [0.1, 0.15) is 18.5 Å². The lowest BCUT2D eigenvalue weighted by molar-refractivity contribution is -0.137. The third kappa shape index (κ3) is 2.68. The number of amides is 2. The largest absolute Gasteiger partial charge is 0.360 e. The Morgan fingerprint density at radius 1 is 1.30 bits per heavy atom. The number of rotatable bonds is 4. The Morgan fingerprint density at radius 2 is 2.10 bits per heavy atom. The van der Waals surface area contributed by atoms with Crippen molar-refractivity contribution in [3.05, 3.63) is 42.2 Å². The number of hydrogen-bond donors (Lipinski definition) is 1. The van der Waals surface area contributed by atoms with Crippen LogP contribution in [0.15, 0.2) is 36.5 Å². The lowest BCUT2D eigenvalue weighted by Crippen LogP contribution is -2.55. The highest BCUT2D eigenvalue weighted by Gasteiger charge is 2.66. The maximum absolute atomic E-state index is 13.4. The molecular weight excluding hydrogens is 380 g/mol. The van der Waals surface area contributed by atoms with E-state index in [-0.39, 0.29) is 29.9 Å². The number of pyridine rings is 1. The van der Waals surface area contributed by atoms with Gasteiger partial charge < -0.3 is 15.0 Å². The first-order chi connectivity index (χ1) is 14.5. The molecule has 0 radical (unpaired) electrons. The summed E-state index contributed by atoms with van der Waals surface area (Å²) in [6.45, 7) is 3.38. The Morgan fingerprint density at radius 3 is 2.83 bits per heavy atom. The first-order valence-electron chi connectivity index (χ1n) is 11.1. The molecule has 1 unspecified atom stereocenters. The molecule has 5 aliphatic rings. The van der Waals surface area contributed by atoms with Gasteiger partial charge in [0.1, 0.15) is 5.60 Å². The number of likely N-dealkylation sites (tertiary alicyclic amines) is 2. The van der Waals surface area contributed by atoms with E-state index >= 15 is 0 Å². The minimum Gasteiger partial charge on any atom is -0.360 e. The van der Waals surface area contributed by atoms with Gasteiger partial charge in [0.2, 0.25) is 11.8 Å². The molecule has 158 valence electrons. The van der Waals surface area contributed by atoms with Crippen LogP contribution in [0.3, 0.4) is 0 Å². The van der Waals surface area contributed by atoms with Crippen molar-refractivity contribution in [2.75, 3.05) is 26.7 Å². The number of nitrogens with zero attached hydrogens (tertiary/aromatic N) is 3. The number of likely N-dealkylation sites (N-methyl/N-ethyl adjacent to an activating group) is 1. The van der Waals surface area contributed by atoms with Crippen molar-refractivity contribution in [2.24, 2.45) is 23.7 Å². The lowest BCUT2D eigenvalue weighted by Gasteiger charge is -2.39. The molecule has 1 N–H and O–H groups in total. The van der Waals surface area contributed by atoms with Gasteiger partial charge in [-0.3, -0.25) is 19.5 Å². The highest BCUT2D eigenvalue weighted by molar-refractivity contribution is 5.93. The van der Waals surface area contributed by atoms with Gasteiger partial charge in [-0.15, -0.1) is 0 Å². The monoisotopic (exact) mass is 408 g/mol. The zero-order valence-corrected chi connectivity index (χ0v) is 17.2. The van der Waals surface area contributed by atoms with Crippen LogP contribution in [0.4, 0.5) is 0 Å². The van der Waals surface area contributed by atoms with Crippen molar-refractivity contribution in [3.63, 3.8) is 0 Å². The number of carbonyl (C=O) groups is 2. The van der Waals surface area contributed by atoms with E-state index < -0.39 is 11.5 Å². The van der Waals surface area contributed by atoms with Crippen LogP contribution >= 0.6 is 0 Å². The fraction of sp³-hybridized carbons (Fsp3) is 0.609. The van der Waals surface area contributed by atoms with E-state index in [1.54, 1.807) is 11.9 Å². The molecule has 3 saturated heterocycles. The zero-order chi connectivity index (χ0) is 20.5. The van der Waals surface area contributed by atoms with Crippen molar-refractivity contribution in [1.82, 2.24) is 20.1 Å². The van der Waals surface area contributed by atoms with E-state index in [0.29, 0.717) is 18.4 Å². The molecule has 6 rings (SSSR count). The Bertz CT molecular complexity index is 891. The zero-order valence-electron chi connectivity index (χ0n) is 17.2. The second kappa shape index (κ2) is 6.62. The molecule has 1 aromatic rings. The summed E-state index contributed by atoms with van der Waals surface area (Å²) in [6.07, 6.45) is 7.86. The quantitative estimate of drug-likeness (QED) is 0.747. The lowest BCUT2D eigenvalue weighted by atomic mass is 9.76. The van der Waals surface area contributed by atoms with Crippen molar-refractivity contribution < 1.29 is 14.3 Å². The van der Waals surface area contributed by atoms with Crippen molar-refractivity contribution in [1.29, 1.82) is 0 Å². The van der Waals surface area contributed by atoms with E-state index in [4.69, 9.17) is 4.74 Å².